The van der Waals surface area contributed by atoms with Gasteiger partial charge in [0.15, 0.2) is 0 Å². The maximum atomic E-state index is 13.9. The standard InChI is InChI=1S/C21H29F3O5/c1-4-11-17(14-9-6-10-15-18(25)27-2)29-19(26)20(28-3,21(22,23)24)16-12-7-5-8-13-16/h5,7-8,12-13,17H,4,6,9-11,14-15H2,1-3H3/t17-,20-/m0/s1. The van der Waals surface area contributed by atoms with Gasteiger partial charge in [0.25, 0.3) is 5.60 Å². The van der Waals surface area contributed by atoms with Crippen LogP contribution in [0, 0.1) is 0 Å². The number of alkyl halides is 3. The number of unbranched alkanes of at least 4 members (excludes halogenated alkanes) is 2. The molecule has 0 radical (unpaired) electrons. The topological polar surface area (TPSA) is 61.8 Å². The van der Waals surface area contributed by atoms with Crippen molar-refractivity contribution in [2.75, 3.05) is 14.2 Å². The van der Waals surface area contributed by atoms with Crippen LogP contribution in [0.2, 0.25) is 0 Å². The summed E-state index contributed by atoms with van der Waals surface area (Å²) in [6.07, 6.45) is -1.97. The Hall–Kier alpha value is -2.09. The molecule has 0 unspecified atom stereocenters. The van der Waals surface area contributed by atoms with Crippen LogP contribution in [0.25, 0.3) is 0 Å². The molecule has 0 fully saturated rings. The summed E-state index contributed by atoms with van der Waals surface area (Å²) in [5, 5.41) is 0. The summed E-state index contributed by atoms with van der Waals surface area (Å²) in [6, 6.07) is 6.76. The van der Waals surface area contributed by atoms with Crippen LogP contribution in [0.5, 0.6) is 0 Å². The second kappa shape index (κ2) is 11.8. The van der Waals surface area contributed by atoms with Gasteiger partial charge in [0.2, 0.25) is 0 Å². The van der Waals surface area contributed by atoms with Crippen molar-refractivity contribution in [2.45, 2.75) is 69.8 Å². The number of ether oxygens (including phenoxy) is 3. The third-order valence-corrected chi connectivity index (χ3v) is 4.69. The molecule has 0 N–H and O–H groups in total. The Balaban J connectivity index is 2.88. The number of hydrogen-bond acceptors (Lipinski definition) is 5. The van der Waals surface area contributed by atoms with Gasteiger partial charge in [-0.1, -0.05) is 50.1 Å². The van der Waals surface area contributed by atoms with Crippen molar-refractivity contribution in [3.63, 3.8) is 0 Å². The minimum Gasteiger partial charge on any atom is -0.469 e. The Bertz CT molecular complexity index is 633. The van der Waals surface area contributed by atoms with Crippen LogP contribution in [0.4, 0.5) is 13.2 Å². The molecule has 8 heteroatoms. The van der Waals surface area contributed by atoms with Crippen LogP contribution in [0.15, 0.2) is 30.3 Å². The minimum absolute atomic E-state index is 0.281. The summed E-state index contributed by atoms with van der Waals surface area (Å²) in [4.78, 5) is 23.8. The summed E-state index contributed by atoms with van der Waals surface area (Å²) < 4.78 is 56.4. The molecule has 0 bridgehead atoms. The highest BCUT2D eigenvalue weighted by atomic mass is 19.4. The Labute approximate surface area is 169 Å². The van der Waals surface area contributed by atoms with Crippen LogP contribution in [-0.2, 0) is 29.4 Å². The van der Waals surface area contributed by atoms with Gasteiger partial charge in [-0.05, 0) is 25.7 Å². The van der Waals surface area contributed by atoms with Crippen molar-refractivity contribution in [1.29, 1.82) is 0 Å². The van der Waals surface area contributed by atoms with Crippen LogP contribution >= 0.6 is 0 Å². The van der Waals surface area contributed by atoms with E-state index in [1.54, 1.807) is 6.07 Å². The van der Waals surface area contributed by atoms with Crippen LogP contribution in [-0.4, -0.2) is 38.4 Å². The zero-order valence-electron chi connectivity index (χ0n) is 17.1. The molecule has 0 saturated heterocycles. The summed E-state index contributed by atoms with van der Waals surface area (Å²) in [5.74, 6) is -1.77. The third kappa shape index (κ3) is 6.73. The third-order valence-electron chi connectivity index (χ3n) is 4.69. The average Bonchev–Trinajstić information content (AvgIpc) is 2.68. The van der Waals surface area contributed by atoms with Crippen molar-refractivity contribution in [1.82, 2.24) is 0 Å². The molecule has 1 aromatic rings. The Morgan fingerprint density at radius 3 is 2.17 bits per heavy atom. The first-order valence-electron chi connectivity index (χ1n) is 9.68. The maximum absolute atomic E-state index is 13.9. The summed E-state index contributed by atoms with van der Waals surface area (Å²) in [6.45, 7) is 1.86. The van der Waals surface area contributed by atoms with E-state index in [4.69, 9.17) is 9.47 Å². The SMILES string of the molecule is CCC[C@@H](CCCCCC(=O)OC)OC(=O)[C@@](OC)(c1ccccc1)C(F)(F)F. The van der Waals surface area contributed by atoms with Gasteiger partial charge in [0.1, 0.15) is 6.10 Å². The number of hydrogen-bond donors (Lipinski definition) is 0. The molecule has 29 heavy (non-hydrogen) atoms. The fourth-order valence-corrected chi connectivity index (χ4v) is 3.13. The molecule has 0 saturated carbocycles. The predicted octanol–water partition coefficient (Wildman–Crippen LogP) is 4.93. The molecule has 0 aliphatic heterocycles. The van der Waals surface area contributed by atoms with Crippen molar-refractivity contribution < 1.29 is 37.0 Å². The van der Waals surface area contributed by atoms with Crippen molar-refractivity contribution >= 4 is 11.9 Å². The summed E-state index contributed by atoms with van der Waals surface area (Å²) >= 11 is 0. The molecular formula is C21H29F3O5. The van der Waals surface area contributed by atoms with E-state index >= 15 is 0 Å². The first kappa shape index (κ1) is 24.9. The molecule has 0 amide bonds. The van der Waals surface area contributed by atoms with Crippen LogP contribution < -0.4 is 0 Å². The lowest BCUT2D eigenvalue weighted by Crippen LogP contribution is -2.52. The fourth-order valence-electron chi connectivity index (χ4n) is 3.13. The molecule has 0 aromatic heterocycles. The Morgan fingerprint density at radius 2 is 1.66 bits per heavy atom. The van der Waals surface area contributed by atoms with E-state index in [1.807, 2.05) is 6.92 Å². The Kier molecular flexibility index (Phi) is 10.2. The van der Waals surface area contributed by atoms with Gasteiger partial charge in [-0.2, -0.15) is 13.2 Å². The predicted molar refractivity (Wildman–Crippen MR) is 101 cm³/mol. The molecule has 0 aliphatic rings. The quantitative estimate of drug-likeness (QED) is 0.356. The lowest BCUT2D eigenvalue weighted by molar-refractivity contribution is -0.278. The highest BCUT2D eigenvalue weighted by molar-refractivity contribution is 5.82. The normalized spacial score (nSPS) is 14.7. The van der Waals surface area contributed by atoms with Crippen molar-refractivity contribution in [3.05, 3.63) is 35.9 Å². The van der Waals surface area contributed by atoms with Crippen molar-refractivity contribution in [3.8, 4) is 0 Å². The lowest BCUT2D eigenvalue weighted by atomic mass is 9.92. The van der Waals surface area contributed by atoms with Gasteiger partial charge in [0.05, 0.1) is 7.11 Å². The average molecular weight is 418 g/mol. The monoisotopic (exact) mass is 418 g/mol. The second-order valence-corrected chi connectivity index (χ2v) is 6.74. The highest BCUT2D eigenvalue weighted by Gasteiger charge is 2.64. The number of esters is 2. The summed E-state index contributed by atoms with van der Waals surface area (Å²) in [7, 11) is 2.16. The highest BCUT2D eigenvalue weighted by Crippen LogP contribution is 2.43. The number of benzene rings is 1. The van der Waals surface area contributed by atoms with Gasteiger partial charge >= 0.3 is 18.1 Å². The molecule has 164 valence electrons. The molecule has 5 nitrogen and oxygen atoms in total. The van der Waals surface area contributed by atoms with E-state index in [1.165, 1.54) is 31.4 Å². The molecule has 2 atom stereocenters. The second-order valence-electron chi connectivity index (χ2n) is 6.74. The zero-order valence-corrected chi connectivity index (χ0v) is 17.1. The van der Waals surface area contributed by atoms with E-state index in [0.29, 0.717) is 38.5 Å². The van der Waals surface area contributed by atoms with Gasteiger partial charge in [0, 0.05) is 19.1 Å². The van der Waals surface area contributed by atoms with E-state index in [9.17, 15) is 22.8 Å². The number of methoxy groups -OCH3 is 2. The molecule has 1 aromatic carbocycles. The minimum atomic E-state index is -4.99. The van der Waals surface area contributed by atoms with Crippen LogP contribution in [0.3, 0.4) is 0 Å². The first-order chi connectivity index (χ1) is 13.7. The molecule has 0 heterocycles. The first-order valence-corrected chi connectivity index (χ1v) is 9.68. The lowest BCUT2D eigenvalue weighted by Gasteiger charge is -2.33. The van der Waals surface area contributed by atoms with E-state index < -0.39 is 23.9 Å². The number of halogens is 3. The number of carbonyl (C=O) groups excluding carboxylic acids is 2. The van der Waals surface area contributed by atoms with Gasteiger partial charge in [-0.15, -0.1) is 0 Å². The molecular weight excluding hydrogens is 389 g/mol. The van der Waals surface area contributed by atoms with E-state index in [2.05, 4.69) is 4.74 Å². The number of rotatable bonds is 12. The number of carbonyl (C=O) groups is 2. The maximum Gasteiger partial charge on any atom is 0.432 e. The Morgan fingerprint density at radius 1 is 1.00 bits per heavy atom. The largest absolute Gasteiger partial charge is 0.469 e. The van der Waals surface area contributed by atoms with E-state index in [0.717, 1.165) is 7.11 Å². The molecule has 0 spiro atoms. The van der Waals surface area contributed by atoms with Gasteiger partial charge in [-0.3, -0.25) is 4.79 Å². The smallest absolute Gasteiger partial charge is 0.432 e. The van der Waals surface area contributed by atoms with E-state index in [-0.39, 0.29) is 18.0 Å². The van der Waals surface area contributed by atoms with Crippen molar-refractivity contribution in [2.24, 2.45) is 0 Å². The molecule has 1 rings (SSSR count). The van der Waals surface area contributed by atoms with Gasteiger partial charge in [-0.25, -0.2) is 4.79 Å². The zero-order chi connectivity index (χ0) is 21.9. The molecule has 0 aliphatic carbocycles. The van der Waals surface area contributed by atoms with Gasteiger partial charge < -0.3 is 14.2 Å². The fraction of sp³-hybridized carbons (Fsp3) is 0.619. The summed E-state index contributed by atoms with van der Waals surface area (Å²) in [5.41, 5.74) is -3.50. The van der Waals surface area contributed by atoms with Crippen LogP contribution in [0.1, 0.15) is 57.4 Å².